The van der Waals surface area contributed by atoms with Gasteiger partial charge in [-0.3, -0.25) is 0 Å². The molecule has 0 amide bonds. The number of anilines is 4. The van der Waals surface area contributed by atoms with Gasteiger partial charge in [0.15, 0.2) is 0 Å². The van der Waals surface area contributed by atoms with Crippen LogP contribution in [0.3, 0.4) is 0 Å². The molecule has 142 valence electrons. The van der Waals surface area contributed by atoms with Crippen LogP contribution in [-0.4, -0.2) is 47.2 Å². The van der Waals surface area contributed by atoms with Gasteiger partial charge in [0.25, 0.3) is 0 Å². The van der Waals surface area contributed by atoms with Gasteiger partial charge >= 0.3 is 0 Å². The number of nitrogens with one attached hydrogen (secondary N) is 2. The van der Waals surface area contributed by atoms with Crippen LogP contribution in [0.1, 0.15) is 12.0 Å². The largest absolute Gasteiger partial charge is 0.399 e. The zero-order chi connectivity index (χ0) is 18.9. The van der Waals surface area contributed by atoms with E-state index in [2.05, 4.69) is 10.6 Å². The summed E-state index contributed by atoms with van der Waals surface area (Å²) in [6.07, 6.45) is 0.135. The molecule has 0 fully saturated rings. The SMILES string of the molecule is Nc1ccc(NCC(O)C(CCO)Nc2ccc(N)c(CCO)c2)cc1. The van der Waals surface area contributed by atoms with Gasteiger partial charge < -0.3 is 37.4 Å². The molecule has 7 heteroatoms. The maximum atomic E-state index is 10.5. The van der Waals surface area contributed by atoms with Gasteiger partial charge in [0.2, 0.25) is 0 Å². The van der Waals surface area contributed by atoms with Gasteiger partial charge in [-0.15, -0.1) is 0 Å². The van der Waals surface area contributed by atoms with Gasteiger partial charge in [0.1, 0.15) is 0 Å². The van der Waals surface area contributed by atoms with Crippen LogP contribution in [0.15, 0.2) is 42.5 Å². The molecule has 2 unspecified atom stereocenters. The molecule has 0 aliphatic carbocycles. The lowest BCUT2D eigenvalue weighted by molar-refractivity contribution is 0.146. The molecule has 0 heterocycles. The zero-order valence-electron chi connectivity index (χ0n) is 14.7. The van der Waals surface area contributed by atoms with Crippen molar-refractivity contribution in [1.29, 1.82) is 0 Å². The predicted molar refractivity (Wildman–Crippen MR) is 106 cm³/mol. The minimum atomic E-state index is -0.724. The molecule has 0 aliphatic heterocycles. The van der Waals surface area contributed by atoms with Crippen molar-refractivity contribution in [2.75, 3.05) is 41.9 Å². The molecule has 7 nitrogen and oxygen atoms in total. The van der Waals surface area contributed by atoms with E-state index in [0.29, 0.717) is 30.8 Å². The van der Waals surface area contributed by atoms with Crippen LogP contribution in [0.5, 0.6) is 0 Å². The topological polar surface area (TPSA) is 137 Å². The van der Waals surface area contributed by atoms with Crippen LogP contribution in [-0.2, 0) is 6.42 Å². The van der Waals surface area contributed by atoms with Gasteiger partial charge in [-0.05, 0) is 60.9 Å². The Morgan fingerprint density at radius 2 is 1.62 bits per heavy atom. The first-order chi connectivity index (χ1) is 12.5. The number of benzene rings is 2. The summed E-state index contributed by atoms with van der Waals surface area (Å²) in [5.41, 5.74) is 15.3. The summed E-state index contributed by atoms with van der Waals surface area (Å²) >= 11 is 0. The van der Waals surface area contributed by atoms with Crippen molar-refractivity contribution >= 4 is 22.7 Å². The number of nitrogens with two attached hydrogens (primary N) is 2. The Bertz CT molecular complexity index is 679. The summed E-state index contributed by atoms with van der Waals surface area (Å²) in [5, 5.41) is 35.4. The van der Waals surface area contributed by atoms with E-state index >= 15 is 0 Å². The molecular formula is C19H28N4O3. The summed E-state index contributed by atoms with van der Waals surface area (Å²) in [6.45, 7) is 0.289. The van der Waals surface area contributed by atoms with Gasteiger partial charge in [0.05, 0.1) is 12.1 Å². The van der Waals surface area contributed by atoms with Gasteiger partial charge in [-0.1, -0.05) is 0 Å². The highest BCUT2D eigenvalue weighted by Crippen LogP contribution is 2.20. The van der Waals surface area contributed by atoms with Crippen LogP contribution in [0.25, 0.3) is 0 Å². The summed E-state index contributed by atoms with van der Waals surface area (Å²) in [4.78, 5) is 0. The molecule has 0 saturated carbocycles. The smallest absolute Gasteiger partial charge is 0.0913 e. The second-order valence-electron chi connectivity index (χ2n) is 6.22. The van der Waals surface area contributed by atoms with Crippen LogP contribution >= 0.6 is 0 Å². The average molecular weight is 360 g/mol. The molecule has 0 aliphatic rings. The molecule has 0 radical (unpaired) electrons. The first-order valence-corrected chi connectivity index (χ1v) is 8.67. The predicted octanol–water partition coefficient (Wildman–Crippen LogP) is 1.02. The normalized spacial score (nSPS) is 13.2. The van der Waals surface area contributed by atoms with Gasteiger partial charge in [0, 0.05) is 42.5 Å². The molecule has 0 bridgehead atoms. The molecular weight excluding hydrogens is 332 g/mol. The van der Waals surface area contributed by atoms with Crippen LogP contribution in [0, 0.1) is 0 Å². The monoisotopic (exact) mass is 360 g/mol. The molecule has 9 N–H and O–H groups in total. The molecule has 0 spiro atoms. The first kappa shape index (κ1) is 19.8. The number of hydrogen-bond donors (Lipinski definition) is 7. The molecule has 2 rings (SSSR count). The maximum Gasteiger partial charge on any atom is 0.0913 e. The lowest BCUT2D eigenvalue weighted by atomic mass is 10.1. The Labute approximate surface area is 153 Å². The number of hydrogen-bond acceptors (Lipinski definition) is 7. The quantitative estimate of drug-likeness (QED) is 0.314. The highest BCUT2D eigenvalue weighted by atomic mass is 16.3. The fraction of sp³-hybridized carbons (Fsp3) is 0.368. The molecule has 0 aromatic heterocycles. The standard InChI is InChI=1S/C19H28N4O3/c20-14-1-3-15(4-2-14)22-12-19(26)18(8-10-25)23-16-5-6-17(21)13(11-16)7-9-24/h1-6,11,18-19,22-26H,7-10,12,20-21H2. The average Bonchev–Trinajstić information content (AvgIpc) is 2.63. The Morgan fingerprint density at radius 3 is 2.27 bits per heavy atom. The Kier molecular flexibility index (Phi) is 7.53. The van der Waals surface area contributed by atoms with E-state index in [0.717, 1.165) is 16.9 Å². The van der Waals surface area contributed by atoms with E-state index in [1.165, 1.54) is 0 Å². The van der Waals surface area contributed by atoms with E-state index in [-0.39, 0.29) is 19.3 Å². The van der Waals surface area contributed by atoms with Gasteiger partial charge in [-0.2, -0.15) is 0 Å². The number of rotatable bonds is 10. The Hall–Kier alpha value is -2.48. The first-order valence-electron chi connectivity index (χ1n) is 8.67. The summed E-state index contributed by atoms with van der Waals surface area (Å²) < 4.78 is 0. The van der Waals surface area contributed by atoms with E-state index < -0.39 is 6.10 Å². The minimum Gasteiger partial charge on any atom is -0.399 e. The summed E-state index contributed by atoms with van der Waals surface area (Å²) in [5.74, 6) is 0. The van der Waals surface area contributed by atoms with Crippen molar-refractivity contribution in [2.24, 2.45) is 0 Å². The van der Waals surface area contributed by atoms with E-state index in [4.69, 9.17) is 16.6 Å². The number of aliphatic hydroxyl groups excluding tert-OH is 3. The lowest BCUT2D eigenvalue weighted by Crippen LogP contribution is -2.39. The second kappa shape index (κ2) is 9.86. The Morgan fingerprint density at radius 1 is 0.923 bits per heavy atom. The van der Waals surface area contributed by atoms with Crippen molar-refractivity contribution in [1.82, 2.24) is 0 Å². The third kappa shape index (κ3) is 5.80. The highest BCUT2D eigenvalue weighted by molar-refractivity contribution is 5.58. The highest BCUT2D eigenvalue weighted by Gasteiger charge is 2.19. The van der Waals surface area contributed by atoms with Crippen LogP contribution in [0.4, 0.5) is 22.7 Å². The number of nitrogen functional groups attached to an aromatic ring is 2. The third-order valence-corrected chi connectivity index (χ3v) is 4.21. The maximum absolute atomic E-state index is 10.5. The zero-order valence-corrected chi connectivity index (χ0v) is 14.7. The fourth-order valence-electron chi connectivity index (χ4n) is 2.71. The fourth-order valence-corrected chi connectivity index (χ4v) is 2.71. The third-order valence-electron chi connectivity index (χ3n) is 4.21. The van der Waals surface area contributed by atoms with Crippen molar-refractivity contribution in [3.8, 4) is 0 Å². The van der Waals surface area contributed by atoms with Crippen molar-refractivity contribution in [3.63, 3.8) is 0 Å². The Balaban J connectivity index is 2.00. The van der Waals surface area contributed by atoms with Crippen molar-refractivity contribution < 1.29 is 15.3 Å². The van der Waals surface area contributed by atoms with Gasteiger partial charge in [-0.25, -0.2) is 0 Å². The lowest BCUT2D eigenvalue weighted by Gasteiger charge is -2.25. The van der Waals surface area contributed by atoms with E-state index in [1.807, 2.05) is 24.3 Å². The second-order valence-corrected chi connectivity index (χ2v) is 6.22. The molecule has 2 aromatic carbocycles. The number of aliphatic hydroxyl groups is 3. The summed E-state index contributed by atoms with van der Waals surface area (Å²) in [6, 6.07) is 12.4. The van der Waals surface area contributed by atoms with Crippen LogP contribution in [0.2, 0.25) is 0 Å². The van der Waals surface area contributed by atoms with E-state index in [1.54, 1.807) is 18.2 Å². The van der Waals surface area contributed by atoms with Crippen LogP contribution < -0.4 is 22.1 Å². The van der Waals surface area contributed by atoms with Crippen molar-refractivity contribution in [2.45, 2.75) is 25.0 Å². The molecule has 0 saturated heterocycles. The van der Waals surface area contributed by atoms with Crippen molar-refractivity contribution in [3.05, 3.63) is 48.0 Å². The van der Waals surface area contributed by atoms with E-state index in [9.17, 15) is 10.2 Å². The molecule has 2 aromatic rings. The molecule has 26 heavy (non-hydrogen) atoms. The summed E-state index contributed by atoms with van der Waals surface area (Å²) in [7, 11) is 0. The molecule has 2 atom stereocenters. The minimum absolute atomic E-state index is 0.0157.